The molecule has 6 nitrogen and oxygen atoms in total. The third-order valence-electron chi connectivity index (χ3n) is 3.91. The van der Waals surface area contributed by atoms with Crippen LogP contribution in [0, 0.1) is 11.3 Å². The summed E-state index contributed by atoms with van der Waals surface area (Å²) >= 11 is 0. The van der Waals surface area contributed by atoms with Crippen molar-refractivity contribution < 1.29 is 14.3 Å². The molecular formula is C17H23N3O3. The van der Waals surface area contributed by atoms with Crippen molar-refractivity contribution in [3.63, 3.8) is 0 Å². The van der Waals surface area contributed by atoms with Crippen molar-refractivity contribution in [3.05, 3.63) is 29.8 Å². The maximum absolute atomic E-state index is 12.8. The van der Waals surface area contributed by atoms with Gasteiger partial charge in [0.15, 0.2) is 0 Å². The molecule has 6 heteroatoms. The Morgan fingerprint density at radius 1 is 1.35 bits per heavy atom. The van der Waals surface area contributed by atoms with Gasteiger partial charge in [0.2, 0.25) is 0 Å². The van der Waals surface area contributed by atoms with Crippen molar-refractivity contribution >= 4 is 5.91 Å². The van der Waals surface area contributed by atoms with Gasteiger partial charge >= 0.3 is 0 Å². The van der Waals surface area contributed by atoms with Crippen LogP contribution in [-0.2, 0) is 4.74 Å². The van der Waals surface area contributed by atoms with Crippen molar-refractivity contribution in [3.8, 4) is 11.8 Å². The van der Waals surface area contributed by atoms with Crippen molar-refractivity contribution in [1.82, 2.24) is 9.80 Å². The highest BCUT2D eigenvalue weighted by atomic mass is 16.5. The number of morpholine rings is 1. The zero-order valence-corrected chi connectivity index (χ0v) is 13.5. The van der Waals surface area contributed by atoms with Gasteiger partial charge in [0.05, 0.1) is 38.4 Å². The van der Waals surface area contributed by atoms with Crippen LogP contribution >= 0.6 is 0 Å². The Kier molecular flexibility index (Phi) is 6.85. The molecule has 23 heavy (non-hydrogen) atoms. The normalized spacial score (nSPS) is 15.0. The number of benzene rings is 1. The fourth-order valence-corrected chi connectivity index (χ4v) is 2.58. The Morgan fingerprint density at radius 3 is 2.78 bits per heavy atom. The van der Waals surface area contributed by atoms with Crippen LogP contribution in [0.5, 0.6) is 5.75 Å². The van der Waals surface area contributed by atoms with E-state index in [9.17, 15) is 4.79 Å². The molecule has 2 rings (SSSR count). The van der Waals surface area contributed by atoms with E-state index < -0.39 is 0 Å². The van der Waals surface area contributed by atoms with Gasteiger partial charge < -0.3 is 14.4 Å². The Hall–Kier alpha value is -2.10. The maximum atomic E-state index is 12.8. The van der Waals surface area contributed by atoms with E-state index in [1.807, 2.05) is 12.1 Å². The molecule has 1 aromatic carbocycles. The van der Waals surface area contributed by atoms with Crippen LogP contribution in [0.1, 0.15) is 16.8 Å². The van der Waals surface area contributed by atoms with Crippen LogP contribution in [0.25, 0.3) is 0 Å². The second-order valence-corrected chi connectivity index (χ2v) is 5.35. The maximum Gasteiger partial charge on any atom is 0.257 e. The van der Waals surface area contributed by atoms with Crippen LogP contribution in [0.2, 0.25) is 0 Å². The monoisotopic (exact) mass is 317 g/mol. The van der Waals surface area contributed by atoms with Crippen molar-refractivity contribution in [2.24, 2.45) is 0 Å². The molecule has 0 spiro atoms. The largest absolute Gasteiger partial charge is 0.496 e. The summed E-state index contributed by atoms with van der Waals surface area (Å²) in [5, 5.41) is 8.85. The molecule has 0 bridgehead atoms. The summed E-state index contributed by atoms with van der Waals surface area (Å²) in [5.41, 5.74) is 0.537. The number of nitriles is 1. The molecule has 1 heterocycles. The van der Waals surface area contributed by atoms with Gasteiger partial charge in [-0.3, -0.25) is 9.69 Å². The molecule has 0 radical (unpaired) electrons. The number of hydrogen-bond acceptors (Lipinski definition) is 5. The number of nitrogens with zero attached hydrogens (tertiary/aromatic N) is 3. The van der Waals surface area contributed by atoms with Crippen LogP contribution in [0.15, 0.2) is 24.3 Å². The van der Waals surface area contributed by atoms with Gasteiger partial charge in [-0.2, -0.15) is 5.26 Å². The van der Waals surface area contributed by atoms with Crippen molar-refractivity contribution in [2.45, 2.75) is 6.42 Å². The molecule has 0 unspecified atom stereocenters. The first-order chi connectivity index (χ1) is 11.3. The Bertz CT molecular complexity index is 550. The highest BCUT2D eigenvalue weighted by molar-refractivity contribution is 5.97. The minimum atomic E-state index is -0.0917. The van der Waals surface area contributed by atoms with E-state index in [-0.39, 0.29) is 5.91 Å². The highest BCUT2D eigenvalue weighted by Gasteiger charge is 2.20. The number of methoxy groups -OCH3 is 1. The number of carbonyl (C=O) groups is 1. The summed E-state index contributed by atoms with van der Waals surface area (Å²) < 4.78 is 10.6. The summed E-state index contributed by atoms with van der Waals surface area (Å²) in [5.74, 6) is 0.469. The van der Waals surface area contributed by atoms with E-state index in [4.69, 9.17) is 14.7 Å². The second kappa shape index (κ2) is 9.13. The summed E-state index contributed by atoms with van der Waals surface area (Å²) in [4.78, 5) is 16.8. The third-order valence-corrected chi connectivity index (χ3v) is 3.91. The van der Waals surface area contributed by atoms with Crippen LogP contribution < -0.4 is 4.74 Å². The number of hydrogen-bond donors (Lipinski definition) is 0. The van der Waals surface area contributed by atoms with Crippen LogP contribution in [0.3, 0.4) is 0 Å². The minimum absolute atomic E-state index is 0.0917. The topological polar surface area (TPSA) is 65.8 Å². The molecular weight excluding hydrogens is 294 g/mol. The van der Waals surface area contributed by atoms with Gasteiger partial charge in [-0.25, -0.2) is 0 Å². The predicted molar refractivity (Wildman–Crippen MR) is 86.4 cm³/mol. The molecule has 0 aromatic heterocycles. The first kappa shape index (κ1) is 17.3. The molecule has 1 aromatic rings. The fourth-order valence-electron chi connectivity index (χ4n) is 2.58. The quantitative estimate of drug-likeness (QED) is 0.760. The molecule has 1 aliphatic heterocycles. The van der Waals surface area contributed by atoms with Crippen LogP contribution in [0.4, 0.5) is 0 Å². The molecule has 1 fully saturated rings. The average molecular weight is 317 g/mol. The van der Waals surface area contributed by atoms with Crippen molar-refractivity contribution in [1.29, 1.82) is 5.26 Å². The highest BCUT2D eigenvalue weighted by Crippen LogP contribution is 2.19. The van der Waals surface area contributed by atoms with Gasteiger partial charge in [0.1, 0.15) is 5.75 Å². The lowest BCUT2D eigenvalue weighted by molar-refractivity contribution is 0.0326. The summed E-state index contributed by atoms with van der Waals surface area (Å²) in [6, 6.07) is 9.30. The third kappa shape index (κ3) is 4.95. The van der Waals surface area contributed by atoms with E-state index in [1.54, 1.807) is 24.1 Å². The van der Waals surface area contributed by atoms with E-state index in [0.717, 1.165) is 32.8 Å². The molecule has 1 amide bonds. The lowest BCUT2D eigenvalue weighted by Gasteiger charge is -2.30. The summed E-state index contributed by atoms with van der Waals surface area (Å²) in [7, 11) is 1.56. The smallest absolute Gasteiger partial charge is 0.257 e. The van der Waals surface area contributed by atoms with E-state index in [0.29, 0.717) is 30.8 Å². The van der Waals surface area contributed by atoms with E-state index in [1.165, 1.54) is 0 Å². The lowest BCUT2D eigenvalue weighted by atomic mass is 10.1. The summed E-state index contributed by atoms with van der Waals surface area (Å²) in [6.07, 6.45) is 0.323. The number of para-hydroxylation sites is 1. The lowest BCUT2D eigenvalue weighted by Crippen LogP contribution is -2.43. The average Bonchev–Trinajstić information content (AvgIpc) is 2.62. The number of carbonyl (C=O) groups excluding carboxylic acids is 1. The Balaban J connectivity index is 2.03. The molecule has 124 valence electrons. The summed E-state index contributed by atoms with van der Waals surface area (Å²) in [6.45, 7) is 5.05. The minimum Gasteiger partial charge on any atom is -0.496 e. The Morgan fingerprint density at radius 2 is 2.09 bits per heavy atom. The predicted octanol–water partition coefficient (Wildman–Crippen LogP) is 1.38. The van der Waals surface area contributed by atoms with Gasteiger partial charge in [-0.15, -0.1) is 0 Å². The van der Waals surface area contributed by atoms with Gasteiger partial charge in [-0.1, -0.05) is 12.1 Å². The zero-order valence-electron chi connectivity index (χ0n) is 13.5. The first-order valence-corrected chi connectivity index (χ1v) is 7.85. The van der Waals surface area contributed by atoms with Gasteiger partial charge in [0, 0.05) is 32.7 Å². The van der Waals surface area contributed by atoms with Gasteiger partial charge in [0.25, 0.3) is 5.91 Å². The molecule has 0 saturated carbocycles. The second-order valence-electron chi connectivity index (χ2n) is 5.35. The van der Waals surface area contributed by atoms with Gasteiger partial charge in [-0.05, 0) is 12.1 Å². The molecule has 0 aliphatic carbocycles. The first-order valence-electron chi connectivity index (χ1n) is 7.85. The van der Waals surface area contributed by atoms with Crippen molar-refractivity contribution in [2.75, 3.05) is 53.0 Å². The molecule has 1 aliphatic rings. The molecule has 0 N–H and O–H groups in total. The van der Waals surface area contributed by atoms with E-state index in [2.05, 4.69) is 11.0 Å². The van der Waals surface area contributed by atoms with E-state index >= 15 is 0 Å². The fraction of sp³-hybridized carbons (Fsp3) is 0.529. The number of ether oxygens (including phenoxy) is 2. The van der Waals surface area contributed by atoms with Crippen LogP contribution in [-0.4, -0.2) is 68.8 Å². The number of rotatable bonds is 7. The number of amides is 1. The molecule has 0 atom stereocenters. The molecule has 1 saturated heterocycles. The SMILES string of the molecule is COc1ccccc1C(=O)N(CCC#N)CCN1CCOCC1. The zero-order chi connectivity index (χ0) is 16.5. The Labute approximate surface area is 137 Å². The standard InChI is InChI=1S/C17H23N3O3/c1-22-16-6-3-2-5-15(16)17(21)20(8-4-7-18)10-9-19-11-13-23-14-12-19/h2-3,5-6H,4,8-14H2,1H3.